The molecule has 0 radical (unpaired) electrons. The van der Waals surface area contributed by atoms with Gasteiger partial charge in [0, 0.05) is 17.1 Å². The minimum Gasteiger partial charge on any atom is -0.496 e. The van der Waals surface area contributed by atoms with Crippen molar-refractivity contribution >= 4 is 40.2 Å². The van der Waals surface area contributed by atoms with Gasteiger partial charge in [0.25, 0.3) is 5.91 Å². The van der Waals surface area contributed by atoms with Gasteiger partial charge in [0.1, 0.15) is 5.75 Å². The van der Waals surface area contributed by atoms with Crippen molar-refractivity contribution in [3.05, 3.63) is 77.2 Å². The molecule has 2 aliphatic rings. The van der Waals surface area contributed by atoms with Crippen LogP contribution in [-0.4, -0.2) is 29.5 Å². The number of para-hydroxylation sites is 1. The lowest BCUT2D eigenvalue weighted by molar-refractivity contribution is -0.129. The van der Waals surface area contributed by atoms with Crippen LogP contribution < -0.4 is 10.1 Å². The molecule has 1 saturated heterocycles. The zero-order valence-corrected chi connectivity index (χ0v) is 20.0. The zero-order valence-electron chi connectivity index (χ0n) is 19.2. The normalized spacial score (nSPS) is 24.4. The van der Waals surface area contributed by atoms with Crippen LogP contribution in [0.4, 0.5) is 5.69 Å². The van der Waals surface area contributed by atoms with Crippen LogP contribution >= 0.6 is 11.8 Å². The first-order valence-electron chi connectivity index (χ1n) is 11.7. The zero-order chi connectivity index (χ0) is 22.8. The van der Waals surface area contributed by atoms with Gasteiger partial charge in [0.2, 0.25) is 0 Å². The fourth-order valence-electron chi connectivity index (χ4n) is 5.11. The van der Waals surface area contributed by atoms with Gasteiger partial charge >= 0.3 is 0 Å². The summed E-state index contributed by atoms with van der Waals surface area (Å²) in [5.74, 6) is 1.48. The summed E-state index contributed by atoms with van der Waals surface area (Å²) in [7, 11) is 1.69. The minimum atomic E-state index is -0.110. The van der Waals surface area contributed by atoms with Gasteiger partial charge in [-0.3, -0.25) is 4.79 Å². The molecule has 1 heterocycles. The number of carbonyl (C=O) groups excluding carboxylic acids is 1. The van der Waals surface area contributed by atoms with E-state index in [4.69, 9.17) is 4.74 Å². The number of fused-ring (bicyclic) bond motifs is 1. The minimum absolute atomic E-state index is 0.110. The van der Waals surface area contributed by atoms with E-state index in [1.165, 1.54) is 19.3 Å². The summed E-state index contributed by atoms with van der Waals surface area (Å²) in [6.07, 6.45) is 6.74. The van der Waals surface area contributed by atoms with Crippen molar-refractivity contribution in [2.75, 3.05) is 12.4 Å². The van der Waals surface area contributed by atoms with Crippen LogP contribution in [-0.2, 0) is 4.79 Å². The van der Waals surface area contributed by atoms with Crippen LogP contribution in [0.25, 0.3) is 16.8 Å². The predicted octanol–water partition coefficient (Wildman–Crippen LogP) is 6.74. The second-order valence-electron chi connectivity index (χ2n) is 8.93. The quantitative estimate of drug-likeness (QED) is 0.430. The first-order chi connectivity index (χ1) is 16.2. The Hall–Kier alpha value is -2.92. The summed E-state index contributed by atoms with van der Waals surface area (Å²) in [6.45, 7) is 2.29. The van der Waals surface area contributed by atoms with Gasteiger partial charge in [0.15, 0.2) is 5.50 Å². The summed E-state index contributed by atoms with van der Waals surface area (Å²) in [5.41, 5.74) is 1.97. The van der Waals surface area contributed by atoms with E-state index < -0.39 is 0 Å². The largest absolute Gasteiger partial charge is 0.496 e. The van der Waals surface area contributed by atoms with Crippen molar-refractivity contribution in [1.29, 1.82) is 0 Å². The van der Waals surface area contributed by atoms with E-state index in [9.17, 15) is 4.79 Å². The fourth-order valence-corrected chi connectivity index (χ4v) is 6.31. The van der Waals surface area contributed by atoms with Crippen LogP contribution in [0, 0.1) is 5.92 Å². The molecule has 1 unspecified atom stereocenters. The highest BCUT2D eigenvalue weighted by Gasteiger charge is 2.42. The van der Waals surface area contributed by atoms with Crippen molar-refractivity contribution in [3.8, 4) is 5.75 Å². The molecule has 2 fully saturated rings. The number of rotatable bonds is 5. The maximum Gasteiger partial charge on any atom is 0.262 e. The van der Waals surface area contributed by atoms with Crippen LogP contribution in [0.5, 0.6) is 5.75 Å². The number of amides is 1. The van der Waals surface area contributed by atoms with E-state index in [0.29, 0.717) is 5.92 Å². The van der Waals surface area contributed by atoms with Gasteiger partial charge in [0.05, 0.1) is 12.0 Å². The summed E-state index contributed by atoms with van der Waals surface area (Å²) in [6, 6.07) is 22.7. The van der Waals surface area contributed by atoms with Crippen molar-refractivity contribution in [2.24, 2.45) is 5.92 Å². The van der Waals surface area contributed by atoms with Gasteiger partial charge in [-0.05, 0) is 54.0 Å². The van der Waals surface area contributed by atoms with E-state index in [-0.39, 0.29) is 17.4 Å². The molecule has 0 aromatic heterocycles. The second-order valence-corrected chi connectivity index (χ2v) is 10.1. The SMILES string of the molecule is COc1ccc(/C=C2\SC(Nc3ccccc3)N([C@@H]3CCCC[C@H]3C)C2=O)c2ccccc12. The predicted molar refractivity (Wildman–Crippen MR) is 138 cm³/mol. The number of hydrogen-bond acceptors (Lipinski definition) is 4. The molecule has 4 nitrogen and oxygen atoms in total. The molecule has 1 aliphatic heterocycles. The van der Waals surface area contributed by atoms with Gasteiger partial charge in [-0.2, -0.15) is 0 Å². The van der Waals surface area contributed by atoms with Crippen molar-refractivity contribution < 1.29 is 9.53 Å². The number of thioether (sulfide) groups is 1. The smallest absolute Gasteiger partial charge is 0.262 e. The van der Waals surface area contributed by atoms with E-state index in [1.807, 2.05) is 42.5 Å². The first-order valence-corrected chi connectivity index (χ1v) is 12.6. The topological polar surface area (TPSA) is 41.6 Å². The molecule has 1 aliphatic carbocycles. The maximum absolute atomic E-state index is 13.8. The van der Waals surface area contributed by atoms with Gasteiger partial charge in [-0.25, -0.2) is 0 Å². The van der Waals surface area contributed by atoms with Crippen molar-refractivity contribution in [3.63, 3.8) is 0 Å². The molecule has 5 heteroatoms. The Morgan fingerprint density at radius 2 is 1.70 bits per heavy atom. The maximum atomic E-state index is 13.8. The highest BCUT2D eigenvalue weighted by molar-refractivity contribution is 8.05. The molecule has 3 aromatic rings. The molecule has 170 valence electrons. The Bertz CT molecular complexity index is 1180. The second kappa shape index (κ2) is 9.52. The van der Waals surface area contributed by atoms with E-state index in [1.54, 1.807) is 18.9 Å². The van der Waals surface area contributed by atoms with Gasteiger partial charge in [-0.15, -0.1) is 0 Å². The lowest BCUT2D eigenvalue weighted by Gasteiger charge is -2.39. The number of ether oxygens (including phenoxy) is 1. The average Bonchev–Trinajstić information content (AvgIpc) is 3.14. The molecule has 1 amide bonds. The van der Waals surface area contributed by atoms with Crippen LogP contribution in [0.15, 0.2) is 71.6 Å². The third kappa shape index (κ3) is 4.34. The first kappa shape index (κ1) is 21.9. The lowest BCUT2D eigenvalue weighted by Crippen LogP contribution is -2.48. The average molecular weight is 459 g/mol. The van der Waals surface area contributed by atoms with E-state index in [2.05, 4.69) is 47.5 Å². The number of benzene rings is 3. The molecule has 33 heavy (non-hydrogen) atoms. The third-order valence-electron chi connectivity index (χ3n) is 6.85. The molecule has 1 saturated carbocycles. The molecule has 1 N–H and O–H groups in total. The van der Waals surface area contributed by atoms with Gasteiger partial charge < -0.3 is 15.0 Å². The lowest BCUT2D eigenvalue weighted by atomic mass is 9.85. The molecule has 3 aromatic carbocycles. The summed E-state index contributed by atoms with van der Waals surface area (Å²) >= 11 is 1.63. The standard InChI is InChI=1S/C28H30N2O2S/c1-19-10-6-9-15-24(19)30-27(31)26(33-28(30)29-21-11-4-3-5-12-21)18-20-16-17-25(32-2)23-14-8-7-13-22(20)23/h3-5,7-8,11-14,16-19,24,28-29H,6,9-10,15H2,1-2H3/b26-18-/t19-,24-,28?/m1/s1. The van der Waals surface area contributed by atoms with Crippen LogP contribution in [0.3, 0.4) is 0 Å². The van der Waals surface area contributed by atoms with Gasteiger partial charge in [-0.1, -0.05) is 80.1 Å². The van der Waals surface area contributed by atoms with E-state index in [0.717, 1.165) is 39.1 Å². The number of anilines is 1. The monoisotopic (exact) mass is 458 g/mol. The number of methoxy groups -OCH3 is 1. The molecular weight excluding hydrogens is 428 g/mol. The third-order valence-corrected chi connectivity index (χ3v) is 7.96. The Kier molecular flexibility index (Phi) is 6.32. The summed E-state index contributed by atoms with van der Waals surface area (Å²) in [5, 5.41) is 5.77. The van der Waals surface area contributed by atoms with Crippen LogP contribution in [0.2, 0.25) is 0 Å². The Labute approximate surface area is 200 Å². The van der Waals surface area contributed by atoms with Crippen molar-refractivity contribution in [1.82, 2.24) is 4.90 Å². The molecular formula is C28H30N2O2S. The van der Waals surface area contributed by atoms with Crippen molar-refractivity contribution in [2.45, 2.75) is 44.1 Å². The molecule has 3 atom stereocenters. The molecule has 5 rings (SSSR count). The number of hydrogen-bond donors (Lipinski definition) is 1. The molecule has 0 bridgehead atoms. The number of nitrogens with zero attached hydrogens (tertiary/aromatic N) is 1. The van der Waals surface area contributed by atoms with Crippen LogP contribution in [0.1, 0.15) is 38.2 Å². The number of carbonyl (C=O) groups is 1. The summed E-state index contributed by atoms with van der Waals surface area (Å²) < 4.78 is 5.55. The Morgan fingerprint density at radius 1 is 0.970 bits per heavy atom. The molecule has 0 spiro atoms. The number of nitrogens with one attached hydrogen (secondary N) is 1. The Balaban J connectivity index is 1.53. The fraction of sp³-hybridized carbons (Fsp3) is 0.321. The highest BCUT2D eigenvalue weighted by atomic mass is 32.2. The Morgan fingerprint density at radius 3 is 2.45 bits per heavy atom. The summed E-state index contributed by atoms with van der Waals surface area (Å²) in [4.78, 5) is 16.7. The highest BCUT2D eigenvalue weighted by Crippen LogP contribution is 2.43. The van der Waals surface area contributed by atoms with E-state index >= 15 is 0 Å².